The highest BCUT2D eigenvalue weighted by molar-refractivity contribution is 7.71. The van der Waals surface area contributed by atoms with E-state index in [1.54, 1.807) is 6.26 Å². The summed E-state index contributed by atoms with van der Waals surface area (Å²) in [5, 5.41) is 0. The molecular formula is C6H6OS. The smallest absolute Gasteiger partial charge is 0.190 e. The van der Waals surface area contributed by atoms with E-state index in [0.717, 1.165) is 5.56 Å². The maximum atomic E-state index is 4.82. The van der Waals surface area contributed by atoms with Gasteiger partial charge in [0.15, 0.2) is 4.71 Å². The van der Waals surface area contributed by atoms with Crippen molar-refractivity contribution in [2.75, 3.05) is 0 Å². The van der Waals surface area contributed by atoms with Crippen LogP contribution in [0.3, 0.4) is 0 Å². The van der Waals surface area contributed by atoms with Gasteiger partial charge in [-0.1, -0.05) is 0 Å². The molecule has 8 heavy (non-hydrogen) atoms. The summed E-state index contributed by atoms with van der Waals surface area (Å²) < 4.78 is 5.37. The van der Waals surface area contributed by atoms with Crippen molar-refractivity contribution in [2.45, 2.75) is 6.92 Å². The van der Waals surface area contributed by atoms with Gasteiger partial charge in [0.25, 0.3) is 0 Å². The molecule has 0 atom stereocenters. The van der Waals surface area contributed by atoms with Crippen LogP contribution >= 0.6 is 12.2 Å². The molecule has 0 bridgehead atoms. The largest absolute Gasteiger partial charge is 0.453 e. The van der Waals surface area contributed by atoms with Gasteiger partial charge in [-0.25, -0.2) is 0 Å². The minimum absolute atomic E-state index is 0.546. The van der Waals surface area contributed by atoms with Crippen LogP contribution in [0.2, 0.25) is 0 Å². The summed E-state index contributed by atoms with van der Waals surface area (Å²) in [5.74, 6) is 0. The lowest BCUT2D eigenvalue weighted by atomic mass is 10.3. The minimum atomic E-state index is 0.546. The van der Waals surface area contributed by atoms with E-state index in [4.69, 9.17) is 16.6 Å². The van der Waals surface area contributed by atoms with Gasteiger partial charge in [-0.3, -0.25) is 0 Å². The second-order valence-electron chi connectivity index (χ2n) is 1.63. The maximum Gasteiger partial charge on any atom is 0.190 e. The van der Waals surface area contributed by atoms with Gasteiger partial charge >= 0.3 is 0 Å². The lowest BCUT2D eigenvalue weighted by Gasteiger charge is -1.84. The lowest BCUT2D eigenvalue weighted by molar-refractivity contribution is 0.532. The van der Waals surface area contributed by atoms with Crippen molar-refractivity contribution in [3.63, 3.8) is 0 Å². The molecule has 1 nitrogen and oxygen atoms in total. The highest BCUT2D eigenvalue weighted by Gasteiger charge is 1.79. The zero-order valence-corrected chi connectivity index (χ0v) is 5.37. The fraction of sp³-hybridized carbons (Fsp3) is 0.167. The minimum Gasteiger partial charge on any atom is -0.453 e. The monoisotopic (exact) mass is 126 g/mol. The summed E-state index contributed by atoms with van der Waals surface area (Å²) in [6.45, 7) is 1.98. The summed E-state index contributed by atoms with van der Waals surface area (Å²) in [4.78, 5) is 0. The molecule has 1 aromatic rings. The van der Waals surface area contributed by atoms with Gasteiger partial charge in [-0.15, -0.1) is 0 Å². The fourth-order valence-corrected chi connectivity index (χ4v) is 0.718. The van der Waals surface area contributed by atoms with Gasteiger partial charge in [-0.05, 0) is 36.8 Å². The lowest BCUT2D eigenvalue weighted by Crippen LogP contribution is -1.66. The second kappa shape index (κ2) is 2.09. The average molecular weight is 126 g/mol. The van der Waals surface area contributed by atoms with Gasteiger partial charge in [0, 0.05) is 0 Å². The highest BCUT2D eigenvalue weighted by Crippen LogP contribution is 1.96. The van der Waals surface area contributed by atoms with Gasteiger partial charge in [-0.2, -0.15) is 0 Å². The topological polar surface area (TPSA) is 13.1 Å². The standard InChI is InChI=1S/C6H6OS/c1-5-2-3-7-6(8)4-5/h2-4H,1H3. The van der Waals surface area contributed by atoms with Gasteiger partial charge in [0.05, 0.1) is 6.26 Å². The quantitative estimate of drug-likeness (QED) is 0.495. The second-order valence-corrected chi connectivity index (χ2v) is 2.03. The third-order valence-electron chi connectivity index (χ3n) is 0.861. The molecule has 0 saturated carbocycles. The van der Waals surface area contributed by atoms with Crippen LogP contribution in [0.25, 0.3) is 0 Å². The van der Waals surface area contributed by atoms with Crippen LogP contribution in [0.1, 0.15) is 5.56 Å². The SMILES string of the molecule is Cc1ccoc(=S)c1. The molecule has 0 aromatic carbocycles. The number of hydrogen-bond donors (Lipinski definition) is 0. The molecule has 0 amide bonds. The zero-order chi connectivity index (χ0) is 5.98. The molecule has 0 N–H and O–H groups in total. The third-order valence-corrected chi connectivity index (χ3v) is 1.07. The number of rotatable bonds is 0. The van der Waals surface area contributed by atoms with Crippen LogP contribution in [-0.4, -0.2) is 0 Å². The van der Waals surface area contributed by atoms with Crippen molar-refractivity contribution in [1.29, 1.82) is 0 Å². The first-order valence-corrected chi connectivity index (χ1v) is 2.75. The van der Waals surface area contributed by atoms with E-state index in [2.05, 4.69) is 0 Å². The summed E-state index contributed by atoms with van der Waals surface area (Å²) >= 11 is 4.73. The van der Waals surface area contributed by atoms with E-state index in [1.165, 1.54) is 0 Å². The predicted octanol–water partition coefficient (Wildman–Crippen LogP) is 2.32. The van der Waals surface area contributed by atoms with Crippen LogP contribution in [0, 0.1) is 11.6 Å². The molecule has 0 radical (unpaired) electrons. The Bertz CT molecular complexity index is 226. The van der Waals surface area contributed by atoms with Gasteiger partial charge in [0.2, 0.25) is 0 Å². The van der Waals surface area contributed by atoms with E-state index in [-0.39, 0.29) is 0 Å². The Balaban J connectivity index is 3.28. The van der Waals surface area contributed by atoms with Crippen molar-refractivity contribution in [2.24, 2.45) is 0 Å². The summed E-state index contributed by atoms with van der Waals surface area (Å²) in [7, 11) is 0. The predicted molar refractivity (Wildman–Crippen MR) is 34.3 cm³/mol. The first kappa shape index (κ1) is 5.51. The van der Waals surface area contributed by atoms with Gasteiger partial charge in [0.1, 0.15) is 0 Å². The average Bonchev–Trinajstić information content (AvgIpc) is 1.64. The Morgan fingerprint density at radius 1 is 1.62 bits per heavy atom. The molecule has 1 rings (SSSR count). The Hall–Kier alpha value is -0.630. The van der Waals surface area contributed by atoms with Crippen LogP contribution in [0.4, 0.5) is 0 Å². The first-order valence-electron chi connectivity index (χ1n) is 2.34. The first-order chi connectivity index (χ1) is 3.79. The van der Waals surface area contributed by atoms with Gasteiger partial charge < -0.3 is 4.42 Å². The van der Waals surface area contributed by atoms with E-state index in [9.17, 15) is 0 Å². The van der Waals surface area contributed by atoms with Crippen molar-refractivity contribution in [3.8, 4) is 0 Å². The zero-order valence-electron chi connectivity index (χ0n) is 4.55. The maximum absolute atomic E-state index is 4.82. The normalized spacial score (nSPS) is 9.12. The third kappa shape index (κ3) is 1.17. The molecule has 0 fully saturated rings. The van der Waals surface area contributed by atoms with Crippen LogP contribution < -0.4 is 0 Å². The molecule has 42 valence electrons. The van der Waals surface area contributed by atoms with E-state index in [1.807, 2.05) is 19.1 Å². The Kier molecular flexibility index (Phi) is 1.44. The molecule has 2 heteroatoms. The van der Waals surface area contributed by atoms with E-state index >= 15 is 0 Å². The fourth-order valence-electron chi connectivity index (χ4n) is 0.476. The van der Waals surface area contributed by atoms with Crippen molar-refractivity contribution in [1.82, 2.24) is 0 Å². The van der Waals surface area contributed by atoms with E-state index < -0.39 is 0 Å². The molecule has 0 unspecified atom stereocenters. The molecule has 1 heterocycles. The molecule has 0 aliphatic rings. The molecule has 0 aliphatic heterocycles. The molecule has 0 aliphatic carbocycles. The Morgan fingerprint density at radius 3 is 2.75 bits per heavy atom. The Labute approximate surface area is 53.0 Å². The van der Waals surface area contributed by atoms with Crippen LogP contribution in [0.15, 0.2) is 22.8 Å². The molecule has 0 spiro atoms. The molecule has 1 aromatic heterocycles. The number of aryl methyl sites for hydroxylation is 1. The van der Waals surface area contributed by atoms with E-state index in [0.29, 0.717) is 4.71 Å². The molecule has 0 saturated heterocycles. The Morgan fingerprint density at radius 2 is 2.38 bits per heavy atom. The van der Waals surface area contributed by atoms with Crippen molar-refractivity contribution < 1.29 is 4.42 Å². The summed E-state index contributed by atoms with van der Waals surface area (Å²) in [5.41, 5.74) is 1.14. The van der Waals surface area contributed by atoms with Crippen LogP contribution in [-0.2, 0) is 0 Å². The number of hydrogen-bond acceptors (Lipinski definition) is 2. The van der Waals surface area contributed by atoms with Crippen molar-refractivity contribution >= 4 is 12.2 Å². The van der Waals surface area contributed by atoms with Crippen molar-refractivity contribution in [3.05, 3.63) is 28.7 Å². The molecular weight excluding hydrogens is 120 g/mol. The summed E-state index contributed by atoms with van der Waals surface area (Å²) in [6, 6.07) is 3.69. The van der Waals surface area contributed by atoms with Crippen LogP contribution in [0.5, 0.6) is 0 Å². The summed E-state index contributed by atoms with van der Waals surface area (Å²) in [6.07, 6.45) is 1.59. The highest BCUT2D eigenvalue weighted by atomic mass is 32.1.